The van der Waals surface area contributed by atoms with Gasteiger partial charge in [-0.05, 0) is 42.2 Å². The fourth-order valence-corrected chi connectivity index (χ4v) is 5.62. The maximum Gasteiger partial charge on any atom is 0.160 e. The molecular formula is C39H26N4. The molecule has 5 aromatic carbocycles. The zero-order valence-corrected chi connectivity index (χ0v) is 23.1. The lowest BCUT2D eigenvalue weighted by atomic mass is 10.0. The molecule has 0 amide bonds. The van der Waals surface area contributed by atoms with Crippen molar-refractivity contribution in [3.63, 3.8) is 0 Å². The highest BCUT2D eigenvalue weighted by Crippen LogP contribution is 2.33. The first-order valence-corrected chi connectivity index (χ1v) is 14.2. The van der Waals surface area contributed by atoms with Crippen LogP contribution in [0.25, 0.3) is 77.7 Å². The Labute approximate surface area is 253 Å². The minimum atomic E-state index is -2.30. The van der Waals surface area contributed by atoms with E-state index in [4.69, 9.17) is 19.1 Å². The molecule has 3 aromatic heterocycles. The minimum Gasteiger partial charge on any atom is -0.251 e. The predicted molar refractivity (Wildman–Crippen MR) is 177 cm³/mol. The second-order valence-electron chi connectivity index (χ2n) is 10.5. The maximum atomic E-state index is 7.84. The Kier molecular flexibility index (Phi) is 5.24. The zero-order valence-electron chi connectivity index (χ0n) is 26.1. The van der Waals surface area contributed by atoms with Gasteiger partial charge >= 0.3 is 0 Å². The molecule has 8 rings (SSSR count). The van der Waals surface area contributed by atoms with Crippen LogP contribution in [0.15, 0.2) is 140 Å². The van der Waals surface area contributed by atoms with E-state index in [1.807, 2.05) is 84.9 Å². The van der Waals surface area contributed by atoms with Crippen molar-refractivity contribution in [2.75, 3.05) is 0 Å². The Bertz CT molecular complexity index is 2400. The van der Waals surface area contributed by atoms with Gasteiger partial charge in [0.1, 0.15) is 0 Å². The topological polar surface area (TPSA) is 51.6 Å². The molecule has 0 spiro atoms. The summed E-state index contributed by atoms with van der Waals surface area (Å²) in [5.74, 6) is 0.623. The van der Waals surface area contributed by atoms with Gasteiger partial charge in [-0.1, -0.05) is 115 Å². The maximum absolute atomic E-state index is 7.84. The van der Waals surface area contributed by atoms with E-state index >= 15 is 0 Å². The summed E-state index contributed by atoms with van der Waals surface area (Å²) >= 11 is 0. The molecule has 0 N–H and O–H groups in total. The fourth-order valence-electron chi connectivity index (χ4n) is 5.62. The molecule has 0 atom stereocenters. The van der Waals surface area contributed by atoms with Crippen LogP contribution in [0.3, 0.4) is 0 Å². The van der Waals surface area contributed by atoms with Crippen LogP contribution in [0.4, 0.5) is 0 Å². The number of rotatable bonds is 4. The molecule has 43 heavy (non-hydrogen) atoms. The van der Waals surface area contributed by atoms with Crippen molar-refractivity contribution in [3.8, 4) is 45.0 Å². The number of aromatic nitrogens is 4. The van der Waals surface area contributed by atoms with E-state index < -0.39 is 6.85 Å². The first kappa shape index (κ1) is 21.9. The van der Waals surface area contributed by atoms with Gasteiger partial charge in [0.25, 0.3) is 0 Å². The zero-order chi connectivity index (χ0) is 31.3. The smallest absolute Gasteiger partial charge is 0.160 e. The molecule has 0 saturated carbocycles. The van der Waals surface area contributed by atoms with Crippen LogP contribution in [0.2, 0.25) is 0 Å². The monoisotopic (exact) mass is 553 g/mol. The molecular weight excluding hydrogens is 524 g/mol. The van der Waals surface area contributed by atoms with Crippen LogP contribution < -0.4 is 0 Å². The van der Waals surface area contributed by atoms with Crippen LogP contribution >= 0.6 is 0 Å². The van der Waals surface area contributed by atoms with Crippen molar-refractivity contribution in [2.24, 2.45) is 0 Å². The van der Waals surface area contributed by atoms with Gasteiger partial charge in [0, 0.05) is 42.7 Å². The van der Waals surface area contributed by atoms with Gasteiger partial charge in [-0.2, -0.15) is 0 Å². The quantitative estimate of drug-likeness (QED) is 0.204. The summed E-state index contributed by atoms with van der Waals surface area (Å²) in [7, 11) is 0. The fraction of sp³-hybridized carbons (Fsp3) is 0.0256. The van der Waals surface area contributed by atoms with Crippen molar-refractivity contribution in [2.45, 2.75) is 6.85 Å². The summed E-state index contributed by atoms with van der Waals surface area (Å²) in [4.78, 5) is 19.6. The third-order valence-electron chi connectivity index (χ3n) is 7.80. The van der Waals surface area contributed by atoms with Gasteiger partial charge in [-0.15, -0.1) is 0 Å². The highest BCUT2D eigenvalue weighted by molar-refractivity contribution is 6.03. The summed E-state index contributed by atoms with van der Waals surface area (Å²) in [6.07, 6.45) is 0. The predicted octanol–water partition coefficient (Wildman–Crippen LogP) is 9.70. The number of para-hydroxylation sites is 1. The van der Waals surface area contributed by atoms with Crippen LogP contribution in [0, 0.1) is 6.85 Å². The molecule has 3 heterocycles. The second kappa shape index (κ2) is 10.3. The van der Waals surface area contributed by atoms with Gasteiger partial charge in [0.2, 0.25) is 0 Å². The summed E-state index contributed by atoms with van der Waals surface area (Å²) < 4.78 is 23.5. The van der Waals surface area contributed by atoms with Gasteiger partial charge in [-0.3, -0.25) is 4.98 Å². The average Bonchev–Trinajstić information content (AvgIpc) is 3.11. The van der Waals surface area contributed by atoms with Crippen LogP contribution in [0.1, 0.15) is 9.81 Å². The largest absolute Gasteiger partial charge is 0.251 e. The second-order valence-corrected chi connectivity index (χ2v) is 10.5. The van der Waals surface area contributed by atoms with Gasteiger partial charge < -0.3 is 0 Å². The Hall–Kier alpha value is -5.74. The van der Waals surface area contributed by atoms with Crippen molar-refractivity contribution >= 4 is 32.7 Å². The van der Waals surface area contributed by atoms with E-state index in [0.29, 0.717) is 16.9 Å². The minimum absolute atomic E-state index is 0.0562. The van der Waals surface area contributed by atoms with Crippen molar-refractivity contribution in [3.05, 3.63) is 145 Å². The summed E-state index contributed by atoms with van der Waals surface area (Å²) in [6.45, 7) is -2.30. The number of aryl methyl sites for hydroxylation is 1. The van der Waals surface area contributed by atoms with Gasteiger partial charge in [-0.25, -0.2) is 15.0 Å². The Morgan fingerprint density at radius 1 is 0.465 bits per heavy atom. The van der Waals surface area contributed by atoms with Crippen LogP contribution in [0.5, 0.6) is 0 Å². The van der Waals surface area contributed by atoms with Gasteiger partial charge in [0.15, 0.2) is 5.82 Å². The van der Waals surface area contributed by atoms with Crippen molar-refractivity contribution in [1.82, 2.24) is 19.9 Å². The molecule has 0 aliphatic carbocycles. The molecule has 4 heteroatoms. The van der Waals surface area contributed by atoms with E-state index in [1.54, 1.807) is 12.1 Å². The van der Waals surface area contributed by atoms with E-state index in [-0.39, 0.29) is 5.69 Å². The van der Waals surface area contributed by atoms with Crippen LogP contribution in [-0.2, 0) is 0 Å². The number of nitrogens with zero attached hydrogens (tertiary/aromatic N) is 4. The molecule has 0 fully saturated rings. The number of benzene rings is 5. The first-order valence-electron chi connectivity index (χ1n) is 15.7. The van der Waals surface area contributed by atoms with E-state index in [1.165, 1.54) is 5.56 Å². The molecule has 0 aliphatic rings. The number of fused-ring (bicyclic) bond motifs is 4. The molecule has 0 unspecified atom stereocenters. The molecule has 0 saturated heterocycles. The van der Waals surface area contributed by atoms with Crippen molar-refractivity contribution in [1.29, 1.82) is 0 Å². The van der Waals surface area contributed by atoms with E-state index in [2.05, 4.69) is 47.4 Å². The standard InChI is InChI=1S/C39H26N4/c1-25-14-15-29-20-21-30-22-23-34(41-38(30)37(29)40-25)31-10-7-11-32(24-31)39-42-35-13-6-5-12-33(35)36(43-39)28-18-16-27(17-19-28)26-8-3-2-4-9-26/h2-24H,1H3/i1D3. The van der Waals surface area contributed by atoms with E-state index in [0.717, 1.165) is 55.3 Å². The summed E-state index contributed by atoms with van der Waals surface area (Å²) in [6, 6.07) is 46.2. The molecule has 4 nitrogen and oxygen atoms in total. The summed E-state index contributed by atoms with van der Waals surface area (Å²) in [5.41, 5.74) is 8.88. The molecule has 8 aromatic rings. The molecule has 0 bridgehead atoms. The third-order valence-corrected chi connectivity index (χ3v) is 7.80. The normalized spacial score (nSPS) is 12.7. The lowest BCUT2D eigenvalue weighted by molar-refractivity contribution is 1.23. The lowest BCUT2D eigenvalue weighted by Gasteiger charge is -2.11. The first-order chi connectivity index (χ1) is 22.4. The van der Waals surface area contributed by atoms with Gasteiger partial charge in [0.05, 0.1) is 27.9 Å². The lowest BCUT2D eigenvalue weighted by Crippen LogP contribution is -1.96. The average molecular weight is 554 g/mol. The number of hydrogen-bond donors (Lipinski definition) is 0. The summed E-state index contributed by atoms with van der Waals surface area (Å²) in [5, 5.41) is 2.72. The molecule has 0 radical (unpaired) electrons. The van der Waals surface area contributed by atoms with E-state index in [9.17, 15) is 0 Å². The third kappa shape index (κ3) is 4.59. The number of hydrogen-bond acceptors (Lipinski definition) is 4. The molecule has 202 valence electrons. The number of pyridine rings is 2. The van der Waals surface area contributed by atoms with Crippen LogP contribution in [-0.4, -0.2) is 19.9 Å². The highest BCUT2D eigenvalue weighted by Gasteiger charge is 2.13. The SMILES string of the molecule is [2H]C([2H])([2H])c1ccc2ccc3ccc(-c4cccc(-c5nc(-c6ccc(-c7ccccc7)cc6)c6ccccc6n5)c4)nc3c2n1. The Morgan fingerprint density at radius 3 is 1.95 bits per heavy atom. The van der Waals surface area contributed by atoms with Crippen molar-refractivity contribution < 1.29 is 4.11 Å². The molecule has 0 aliphatic heterocycles. The Morgan fingerprint density at radius 2 is 1.12 bits per heavy atom. The Balaban J connectivity index is 1.22. The highest BCUT2D eigenvalue weighted by atomic mass is 14.9.